The molecule has 2 rings (SSSR count). The Morgan fingerprint density at radius 2 is 1.54 bits per heavy atom. The number of aryl methyl sites for hydroxylation is 1. The SMILES string of the molecule is COc1cc(OC)cc(C(=O)NCCNS(=O)(=O)c2ccc(C)cc2)c1. The molecule has 0 spiro atoms. The van der Waals surface area contributed by atoms with Crippen LogP contribution in [0.1, 0.15) is 15.9 Å². The van der Waals surface area contributed by atoms with Gasteiger partial charge in [-0.25, -0.2) is 13.1 Å². The molecule has 0 heterocycles. The van der Waals surface area contributed by atoms with Crippen LogP contribution >= 0.6 is 0 Å². The summed E-state index contributed by atoms with van der Waals surface area (Å²) >= 11 is 0. The molecule has 0 bridgehead atoms. The minimum Gasteiger partial charge on any atom is -0.497 e. The smallest absolute Gasteiger partial charge is 0.251 e. The predicted molar refractivity (Wildman–Crippen MR) is 98.2 cm³/mol. The molecule has 0 radical (unpaired) electrons. The van der Waals surface area contributed by atoms with Gasteiger partial charge in [-0.3, -0.25) is 4.79 Å². The first kappa shape index (κ1) is 19.7. The Morgan fingerprint density at radius 1 is 0.962 bits per heavy atom. The molecule has 2 N–H and O–H groups in total. The molecule has 0 aliphatic rings. The van der Waals surface area contributed by atoms with E-state index in [4.69, 9.17) is 9.47 Å². The Hall–Kier alpha value is -2.58. The predicted octanol–water partition coefficient (Wildman–Crippen LogP) is 1.72. The highest BCUT2D eigenvalue weighted by molar-refractivity contribution is 7.89. The van der Waals surface area contributed by atoms with Crippen molar-refractivity contribution >= 4 is 15.9 Å². The third kappa shape index (κ3) is 5.21. The highest BCUT2D eigenvalue weighted by Gasteiger charge is 2.14. The molecule has 0 aliphatic heterocycles. The van der Waals surface area contributed by atoms with E-state index >= 15 is 0 Å². The van der Waals surface area contributed by atoms with Crippen molar-refractivity contribution in [2.45, 2.75) is 11.8 Å². The van der Waals surface area contributed by atoms with E-state index in [1.165, 1.54) is 14.2 Å². The zero-order valence-corrected chi connectivity index (χ0v) is 15.7. The Labute approximate surface area is 153 Å². The van der Waals surface area contributed by atoms with Crippen molar-refractivity contribution < 1.29 is 22.7 Å². The van der Waals surface area contributed by atoms with Gasteiger partial charge < -0.3 is 14.8 Å². The lowest BCUT2D eigenvalue weighted by Gasteiger charge is -2.10. The number of benzene rings is 2. The van der Waals surface area contributed by atoms with Crippen LogP contribution in [0.25, 0.3) is 0 Å². The summed E-state index contributed by atoms with van der Waals surface area (Å²) in [5.74, 6) is 0.640. The minimum absolute atomic E-state index is 0.0725. The molecule has 1 amide bonds. The van der Waals surface area contributed by atoms with Crippen LogP contribution in [0.15, 0.2) is 47.4 Å². The molecular formula is C18H22N2O5S. The number of sulfonamides is 1. The highest BCUT2D eigenvalue weighted by Crippen LogP contribution is 2.22. The average molecular weight is 378 g/mol. The lowest BCUT2D eigenvalue weighted by molar-refractivity contribution is 0.0953. The Bertz CT molecular complexity index is 841. The maximum absolute atomic E-state index is 12.2. The third-order valence-corrected chi connectivity index (χ3v) is 5.12. The average Bonchev–Trinajstić information content (AvgIpc) is 2.64. The quantitative estimate of drug-likeness (QED) is 0.682. The van der Waals surface area contributed by atoms with E-state index < -0.39 is 10.0 Å². The molecule has 2 aromatic carbocycles. The number of nitrogens with one attached hydrogen (secondary N) is 2. The van der Waals surface area contributed by atoms with Gasteiger partial charge in [-0.15, -0.1) is 0 Å². The van der Waals surface area contributed by atoms with E-state index in [-0.39, 0.29) is 23.9 Å². The molecule has 0 fully saturated rings. The zero-order chi connectivity index (χ0) is 19.2. The summed E-state index contributed by atoms with van der Waals surface area (Å²) in [5, 5.41) is 2.66. The molecule has 2 aromatic rings. The standard InChI is InChI=1S/C18H22N2O5S/c1-13-4-6-17(7-5-13)26(22,23)20-9-8-19-18(21)14-10-15(24-2)12-16(11-14)25-3/h4-7,10-12,20H,8-9H2,1-3H3,(H,19,21). The van der Waals surface area contributed by atoms with Crippen LogP contribution in [0, 0.1) is 6.92 Å². The first-order chi connectivity index (χ1) is 12.4. The topological polar surface area (TPSA) is 93.7 Å². The second kappa shape index (κ2) is 8.68. The van der Waals surface area contributed by atoms with Crippen molar-refractivity contribution in [3.63, 3.8) is 0 Å². The van der Waals surface area contributed by atoms with E-state index in [1.807, 2.05) is 6.92 Å². The van der Waals surface area contributed by atoms with Crippen LogP contribution in [-0.4, -0.2) is 41.6 Å². The number of rotatable bonds is 8. The highest BCUT2D eigenvalue weighted by atomic mass is 32.2. The van der Waals surface area contributed by atoms with Crippen LogP contribution < -0.4 is 19.5 Å². The lowest BCUT2D eigenvalue weighted by Crippen LogP contribution is -2.34. The van der Waals surface area contributed by atoms with E-state index in [2.05, 4.69) is 10.0 Å². The van der Waals surface area contributed by atoms with Gasteiger partial charge in [0.1, 0.15) is 11.5 Å². The Kier molecular flexibility index (Phi) is 6.59. The fourth-order valence-corrected chi connectivity index (χ4v) is 3.23. The normalized spacial score (nSPS) is 11.0. The Balaban J connectivity index is 1.91. The molecule has 0 saturated carbocycles. The number of methoxy groups -OCH3 is 2. The van der Waals surface area contributed by atoms with Crippen molar-refractivity contribution in [2.75, 3.05) is 27.3 Å². The van der Waals surface area contributed by atoms with Crippen LogP contribution in [-0.2, 0) is 10.0 Å². The van der Waals surface area contributed by atoms with E-state index in [0.29, 0.717) is 17.1 Å². The van der Waals surface area contributed by atoms with Gasteiger partial charge in [-0.05, 0) is 31.2 Å². The van der Waals surface area contributed by atoms with Gasteiger partial charge in [0, 0.05) is 24.7 Å². The second-order valence-electron chi connectivity index (χ2n) is 5.57. The van der Waals surface area contributed by atoms with Gasteiger partial charge in [0.05, 0.1) is 19.1 Å². The molecule has 0 aromatic heterocycles. The molecule has 0 atom stereocenters. The number of hydrogen-bond donors (Lipinski definition) is 2. The summed E-state index contributed by atoms with van der Waals surface area (Å²) in [6, 6.07) is 11.4. The van der Waals surface area contributed by atoms with Crippen molar-refractivity contribution in [1.29, 1.82) is 0 Å². The van der Waals surface area contributed by atoms with Crippen molar-refractivity contribution in [1.82, 2.24) is 10.0 Å². The molecule has 26 heavy (non-hydrogen) atoms. The third-order valence-electron chi connectivity index (χ3n) is 3.65. The summed E-state index contributed by atoms with van der Waals surface area (Å²) in [7, 11) is -0.610. The molecule has 0 unspecified atom stereocenters. The molecule has 0 saturated heterocycles. The first-order valence-corrected chi connectivity index (χ1v) is 9.41. The fraction of sp³-hybridized carbons (Fsp3) is 0.278. The van der Waals surface area contributed by atoms with Crippen LogP contribution in [0.5, 0.6) is 11.5 Å². The summed E-state index contributed by atoms with van der Waals surface area (Å²) < 4.78 is 37.0. The van der Waals surface area contributed by atoms with E-state index in [1.54, 1.807) is 42.5 Å². The van der Waals surface area contributed by atoms with Gasteiger partial charge in [0.15, 0.2) is 0 Å². The van der Waals surface area contributed by atoms with Gasteiger partial charge >= 0.3 is 0 Å². The van der Waals surface area contributed by atoms with Crippen molar-refractivity contribution in [3.8, 4) is 11.5 Å². The van der Waals surface area contributed by atoms with Crippen molar-refractivity contribution in [3.05, 3.63) is 53.6 Å². The second-order valence-corrected chi connectivity index (χ2v) is 7.34. The Morgan fingerprint density at radius 3 is 2.08 bits per heavy atom. The van der Waals surface area contributed by atoms with Crippen LogP contribution in [0.2, 0.25) is 0 Å². The lowest BCUT2D eigenvalue weighted by atomic mass is 10.2. The maximum atomic E-state index is 12.2. The van der Waals surface area contributed by atoms with Gasteiger partial charge in [0.2, 0.25) is 10.0 Å². The minimum atomic E-state index is -3.60. The summed E-state index contributed by atoms with van der Waals surface area (Å²) in [5.41, 5.74) is 1.34. The number of ether oxygens (including phenoxy) is 2. The first-order valence-electron chi connectivity index (χ1n) is 7.93. The number of carbonyl (C=O) groups is 1. The van der Waals surface area contributed by atoms with E-state index in [9.17, 15) is 13.2 Å². The van der Waals surface area contributed by atoms with Gasteiger partial charge in [-0.2, -0.15) is 0 Å². The molecule has 7 nitrogen and oxygen atoms in total. The molecule has 140 valence electrons. The summed E-state index contributed by atoms with van der Waals surface area (Å²) in [6.45, 7) is 2.10. The van der Waals surface area contributed by atoms with Gasteiger partial charge in [-0.1, -0.05) is 17.7 Å². The van der Waals surface area contributed by atoms with E-state index in [0.717, 1.165) is 5.56 Å². The van der Waals surface area contributed by atoms with Gasteiger partial charge in [0.25, 0.3) is 5.91 Å². The molecule has 0 aliphatic carbocycles. The largest absolute Gasteiger partial charge is 0.497 e. The summed E-state index contributed by atoms with van der Waals surface area (Å²) in [6.07, 6.45) is 0. The maximum Gasteiger partial charge on any atom is 0.251 e. The van der Waals surface area contributed by atoms with Crippen LogP contribution in [0.4, 0.5) is 0 Å². The fourth-order valence-electron chi connectivity index (χ4n) is 2.20. The number of amides is 1. The zero-order valence-electron chi connectivity index (χ0n) is 14.9. The monoisotopic (exact) mass is 378 g/mol. The number of carbonyl (C=O) groups excluding carboxylic acids is 1. The molecule has 8 heteroatoms. The number of hydrogen-bond acceptors (Lipinski definition) is 5. The van der Waals surface area contributed by atoms with Crippen molar-refractivity contribution in [2.24, 2.45) is 0 Å². The molecular weight excluding hydrogens is 356 g/mol. The summed E-state index contributed by atoms with van der Waals surface area (Å²) in [4.78, 5) is 12.4. The van der Waals surface area contributed by atoms with Crippen LogP contribution in [0.3, 0.4) is 0 Å².